The maximum atomic E-state index is 12.2. The molecule has 0 spiro atoms. The van der Waals surface area contributed by atoms with Gasteiger partial charge in [0.1, 0.15) is 4.90 Å². The molecule has 0 radical (unpaired) electrons. The Hall–Kier alpha value is 0.0500. The van der Waals surface area contributed by atoms with Gasteiger partial charge in [-0.15, -0.1) is 11.3 Å². The van der Waals surface area contributed by atoms with Crippen molar-refractivity contribution in [2.75, 3.05) is 13.6 Å². The summed E-state index contributed by atoms with van der Waals surface area (Å²) in [5, 5.41) is 0. The fourth-order valence-electron chi connectivity index (χ4n) is 1.34. The van der Waals surface area contributed by atoms with Crippen molar-refractivity contribution >= 4 is 37.3 Å². The third-order valence-corrected chi connectivity index (χ3v) is 6.55. The molecule has 0 fully saturated rings. The molecule has 2 N–H and O–H groups in total. The van der Waals surface area contributed by atoms with E-state index in [-0.39, 0.29) is 0 Å². The summed E-state index contributed by atoms with van der Waals surface area (Å²) in [5.41, 5.74) is 5.51. The fourth-order valence-corrected chi connectivity index (χ4v) is 5.06. The first kappa shape index (κ1) is 15.1. The summed E-state index contributed by atoms with van der Waals surface area (Å²) in [7, 11) is -1.78. The van der Waals surface area contributed by atoms with E-state index in [9.17, 15) is 8.42 Å². The molecular weight excluding hydrogens is 324 g/mol. The van der Waals surface area contributed by atoms with E-state index in [1.165, 1.54) is 15.6 Å². The molecule has 1 heterocycles. The average Bonchev–Trinajstić information content (AvgIpc) is 2.67. The minimum absolute atomic E-state index is 0.321. The van der Waals surface area contributed by atoms with E-state index in [0.29, 0.717) is 21.8 Å². The lowest BCUT2D eigenvalue weighted by Crippen LogP contribution is -2.27. The summed E-state index contributed by atoms with van der Waals surface area (Å²) in [6, 6.07) is 1.65. The summed E-state index contributed by atoms with van der Waals surface area (Å²) in [5.74, 6) is 0. The molecule has 1 aromatic rings. The second kappa shape index (κ2) is 6.29. The van der Waals surface area contributed by atoms with Crippen molar-refractivity contribution in [2.24, 2.45) is 5.73 Å². The highest BCUT2D eigenvalue weighted by molar-refractivity contribution is 9.11. The number of hydrogen-bond donors (Lipinski definition) is 1. The predicted molar refractivity (Wildman–Crippen MR) is 74.6 cm³/mol. The molecule has 0 atom stereocenters. The van der Waals surface area contributed by atoms with Gasteiger partial charge < -0.3 is 5.73 Å². The number of unbranched alkanes of at least 4 members (excludes halogenated alkanes) is 1. The zero-order valence-corrected chi connectivity index (χ0v) is 13.2. The molecule has 0 aliphatic rings. The van der Waals surface area contributed by atoms with E-state index >= 15 is 0 Å². The topological polar surface area (TPSA) is 63.4 Å². The lowest BCUT2D eigenvalue weighted by molar-refractivity contribution is 0.459. The van der Waals surface area contributed by atoms with E-state index < -0.39 is 10.0 Å². The van der Waals surface area contributed by atoms with Crippen molar-refractivity contribution in [3.05, 3.63) is 14.7 Å². The first-order valence-electron chi connectivity index (χ1n) is 5.38. The Morgan fingerprint density at radius 3 is 2.65 bits per heavy atom. The highest BCUT2D eigenvalue weighted by atomic mass is 79.9. The van der Waals surface area contributed by atoms with E-state index in [1.54, 1.807) is 13.1 Å². The van der Waals surface area contributed by atoms with Gasteiger partial charge in [-0.3, -0.25) is 0 Å². The van der Waals surface area contributed by atoms with Crippen molar-refractivity contribution in [2.45, 2.75) is 31.2 Å². The Bertz CT molecular complexity index is 471. The van der Waals surface area contributed by atoms with Gasteiger partial charge in [0.25, 0.3) is 0 Å². The van der Waals surface area contributed by atoms with E-state index in [2.05, 4.69) is 15.9 Å². The molecule has 17 heavy (non-hydrogen) atoms. The largest absolute Gasteiger partial charge is 0.326 e. The molecule has 4 nitrogen and oxygen atoms in total. The van der Waals surface area contributed by atoms with Crippen LogP contribution >= 0.6 is 27.3 Å². The van der Waals surface area contributed by atoms with Gasteiger partial charge in [0.05, 0.1) is 3.79 Å². The van der Waals surface area contributed by atoms with Crippen LogP contribution in [0, 0.1) is 0 Å². The quantitative estimate of drug-likeness (QED) is 0.864. The van der Waals surface area contributed by atoms with Crippen LogP contribution in [-0.4, -0.2) is 26.3 Å². The van der Waals surface area contributed by atoms with Crippen molar-refractivity contribution in [1.29, 1.82) is 0 Å². The minimum Gasteiger partial charge on any atom is -0.326 e. The number of hydrogen-bond acceptors (Lipinski definition) is 4. The highest BCUT2D eigenvalue weighted by Gasteiger charge is 2.24. The first-order chi connectivity index (χ1) is 7.93. The molecule has 0 unspecified atom stereocenters. The number of sulfonamides is 1. The van der Waals surface area contributed by atoms with Crippen LogP contribution in [0.2, 0.25) is 0 Å². The normalized spacial score (nSPS) is 12.3. The lowest BCUT2D eigenvalue weighted by Gasteiger charge is -2.16. The summed E-state index contributed by atoms with van der Waals surface area (Å²) in [6.07, 6.45) is 1.83. The predicted octanol–water partition coefficient (Wildman–Crippen LogP) is 2.39. The van der Waals surface area contributed by atoms with Crippen LogP contribution in [0.25, 0.3) is 0 Å². The molecule has 0 amide bonds. The number of thiophene rings is 1. The monoisotopic (exact) mass is 340 g/mol. The van der Waals surface area contributed by atoms with E-state index in [4.69, 9.17) is 5.73 Å². The summed E-state index contributed by atoms with van der Waals surface area (Å²) in [6.45, 7) is 2.93. The van der Waals surface area contributed by atoms with Gasteiger partial charge in [-0.1, -0.05) is 13.3 Å². The highest BCUT2D eigenvalue weighted by Crippen LogP contribution is 2.33. The Balaban J connectivity index is 2.99. The van der Waals surface area contributed by atoms with Gasteiger partial charge in [0.15, 0.2) is 0 Å². The Kier molecular flexibility index (Phi) is 5.59. The molecule has 0 aliphatic heterocycles. The maximum absolute atomic E-state index is 12.2. The summed E-state index contributed by atoms with van der Waals surface area (Å²) in [4.78, 5) is 1.18. The van der Waals surface area contributed by atoms with Gasteiger partial charge in [0, 0.05) is 25.0 Å². The SMILES string of the molecule is CCCCN(C)S(=O)(=O)c1cc(CN)sc1Br. The lowest BCUT2D eigenvalue weighted by atomic mass is 10.3. The van der Waals surface area contributed by atoms with Gasteiger partial charge in [-0.05, 0) is 28.4 Å². The van der Waals surface area contributed by atoms with E-state index in [0.717, 1.165) is 17.7 Å². The zero-order valence-electron chi connectivity index (χ0n) is 9.94. The van der Waals surface area contributed by atoms with E-state index in [1.807, 2.05) is 6.92 Å². The second-order valence-electron chi connectivity index (χ2n) is 3.73. The second-order valence-corrected chi connectivity index (χ2v) is 8.20. The van der Waals surface area contributed by atoms with Crippen LogP contribution < -0.4 is 5.73 Å². The van der Waals surface area contributed by atoms with Gasteiger partial charge in [-0.25, -0.2) is 12.7 Å². The molecule has 0 saturated carbocycles. The van der Waals surface area contributed by atoms with Crippen LogP contribution in [0.15, 0.2) is 14.7 Å². The third kappa shape index (κ3) is 3.51. The molecule has 0 bridgehead atoms. The van der Waals surface area contributed by atoms with Crippen LogP contribution in [0.3, 0.4) is 0 Å². The molecule has 98 valence electrons. The van der Waals surface area contributed by atoms with Gasteiger partial charge in [-0.2, -0.15) is 0 Å². The molecule has 0 aromatic carbocycles. The van der Waals surface area contributed by atoms with Crippen LogP contribution in [0.1, 0.15) is 24.6 Å². The standard InChI is InChI=1S/C10H17BrN2O2S2/c1-3-4-5-13(2)17(14,15)9-6-8(7-12)16-10(9)11/h6H,3-5,7,12H2,1-2H3. The van der Waals surface area contributed by atoms with Crippen LogP contribution in [0.5, 0.6) is 0 Å². The van der Waals surface area contributed by atoms with Gasteiger partial charge >= 0.3 is 0 Å². The smallest absolute Gasteiger partial charge is 0.244 e. The Morgan fingerprint density at radius 1 is 1.53 bits per heavy atom. The summed E-state index contributed by atoms with van der Waals surface area (Å²) < 4.78 is 26.5. The molecule has 0 aliphatic carbocycles. The van der Waals surface area contributed by atoms with Crippen LogP contribution in [0.4, 0.5) is 0 Å². The molecule has 7 heteroatoms. The van der Waals surface area contributed by atoms with Crippen molar-refractivity contribution < 1.29 is 8.42 Å². The van der Waals surface area contributed by atoms with Crippen molar-refractivity contribution in [1.82, 2.24) is 4.31 Å². The van der Waals surface area contributed by atoms with Gasteiger partial charge in [0.2, 0.25) is 10.0 Å². The molecule has 1 aromatic heterocycles. The third-order valence-electron chi connectivity index (χ3n) is 2.42. The molecule has 0 saturated heterocycles. The fraction of sp³-hybridized carbons (Fsp3) is 0.600. The minimum atomic E-state index is -3.39. The van der Waals surface area contributed by atoms with Crippen molar-refractivity contribution in [3.63, 3.8) is 0 Å². The zero-order chi connectivity index (χ0) is 13.1. The molecular formula is C10H17BrN2O2S2. The van der Waals surface area contributed by atoms with Crippen LogP contribution in [-0.2, 0) is 16.6 Å². The Labute approximate surface area is 115 Å². The Morgan fingerprint density at radius 2 is 2.18 bits per heavy atom. The number of nitrogens with zero attached hydrogens (tertiary/aromatic N) is 1. The maximum Gasteiger partial charge on any atom is 0.244 e. The summed E-state index contributed by atoms with van der Waals surface area (Å²) >= 11 is 4.66. The number of halogens is 1. The number of rotatable bonds is 6. The first-order valence-corrected chi connectivity index (χ1v) is 8.43. The molecule has 1 rings (SSSR count). The average molecular weight is 341 g/mol. The number of nitrogens with two attached hydrogens (primary N) is 1. The van der Waals surface area contributed by atoms with Crippen molar-refractivity contribution in [3.8, 4) is 0 Å².